The molecule has 2 rings (SSSR count). The van der Waals surface area contributed by atoms with Gasteiger partial charge in [-0.3, -0.25) is 9.78 Å². The first-order chi connectivity index (χ1) is 7.63. The Hall–Kier alpha value is -0.620. The Labute approximate surface area is 113 Å². The number of anilines is 1. The molecule has 84 valence electrons. The Kier molecular flexibility index (Phi) is 3.49. The van der Waals surface area contributed by atoms with Crippen molar-refractivity contribution in [1.82, 2.24) is 4.98 Å². The maximum Gasteiger partial charge on any atom is 0.227 e. The number of carbonyl (C=O) groups is 1. The summed E-state index contributed by atoms with van der Waals surface area (Å²) in [5, 5.41) is 0.518. The van der Waals surface area contributed by atoms with Gasteiger partial charge < -0.3 is 4.90 Å². The van der Waals surface area contributed by atoms with Crippen LogP contribution in [0.2, 0.25) is 5.02 Å². The number of nitrogens with zero attached hydrogens (tertiary/aromatic N) is 2. The third kappa shape index (κ3) is 2.08. The van der Waals surface area contributed by atoms with Crippen molar-refractivity contribution in [3.8, 4) is 0 Å². The van der Waals surface area contributed by atoms with E-state index in [1.54, 1.807) is 17.3 Å². The highest BCUT2D eigenvalue weighted by atomic mass is 127. The average molecular weight is 349 g/mol. The first-order valence-corrected chi connectivity index (χ1v) is 6.31. The van der Waals surface area contributed by atoms with E-state index >= 15 is 0 Å². The second kappa shape index (κ2) is 4.71. The lowest BCUT2D eigenvalue weighted by atomic mass is 10.1. The van der Waals surface area contributed by atoms with Crippen LogP contribution in [0.3, 0.4) is 0 Å². The summed E-state index contributed by atoms with van der Waals surface area (Å²) in [7, 11) is 0. The van der Waals surface area contributed by atoms with E-state index in [1.165, 1.54) is 0 Å². The van der Waals surface area contributed by atoms with Crippen molar-refractivity contribution in [2.45, 2.75) is 6.42 Å². The molecular weight excluding hydrogens is 338 g/mol. The Morgan fingerprint density at radius 1 is 1.62 bits per heavy atom. The van der Waals surface area contributed by atoms with Crippen molar-refractivity contribution in [3.63, 3.8) is 0 Å². The first-order valence-electron chi connectivity index (χ1n) is 4.85. The number of halogens is 2. The van der Waals surface area contributed by atoms with Crippen molar-refractivity contribution < 1.29 is 4.79 Å². The lowest BCUT2D eigenvalue weighted by Crippen LogP contribution is -2.25. The Bertz CT molecular complexity index is 429. The fourth-order valence-corrected chi connectivity index (χ4v) is 2.93. The van der Waals surface area contributed by atoms with E-state index < -0.39 is 0 Å². The molecule has 0 spiro atoms. The third-order valence-corrected chi connectivity index (χ3v) is 3.65. The van der Waals surface area contributed by atoms with E-state index in [1.807, 2.05) is 6.08 Å². The van der Waals surface area contributed by atoms with E-state index in [-0.39, 0.29) is 11.8 Å². The SMILES string of the molecule is C=CC1CC(=O)N(c2c(Cl)cncc2I)C1. The predicted molar refractivity (Wildman–Crippen MR) is 72.6 cm³/mol. The Morgan fingerprint density at radius 2 is 2.38 bits per heavy atom. The number of hydrogen-bond donors (Lipinski definition) is 0. The van der Waals surface area contributed by atoms with E-state index in [9.17, 15) is 4.79 Å². The largest absolute Gasteiger partial charge is 0.309 e. The fraction of sp³-hybridized carbons (Fsp3) is 0.273. The molecule has 1 amide bonds. The van der Waals surface area contributed by atoms with Gasteiger partial charge in [-0.05, 0) is 22.6 Å². The minimum absolute atomic E-state index is 0.0934. The molecule has 1 unspecified atom stereocenters. The summed E-state index contributed by atoms with van der Waals surface area (Å²) in [6, 6.07) is 0. The van der Waals surface area contributed by atoms with Gasteiger partial charge in [0, 0.05) is 31.3 Å². The van der Waals surface area contributed by atoms with Crippen LogP contribution >= 0.6 is 34.2 Å². The Balaban J connectivity index is 2.38. The molecule has 1 fully saturated rings. The van der Waals surface area contributed by atoms with Gasteiger partial charge in [0.1, 0.15) is 0 Å². The molecule has 1 atom stereocenters. The Morgan fingerprint density at radius 3 is 2.94 bits per heavy atom. The second-order valence-corrected chi connectivity index (χ2v) is 5.23. The molecule has 3 nitrogen and oxygen atoms in total. The first kappa shape index (κ1) is 11.9. The minimum atomic E-state index is 0.0934. The van der Waals surface area contributed by atoms with Crippen molar-refractivity contribution >= 4 is 45.8 Å². The molecule has 1 aromatic heterocycles. The fourth-order valence-electron chi connectivity index (χ4n) is 1.77. The molecule has 0 aromatic carbocycles. The van der Waals surface area contributed by atoms with E-state index in [0.29, 0.717) is 18.0 Å². The summed E-state index contributed by atoms with van der Waals surface area (Å²) in [6.07, 6.45) is 5.60. The molecule has 1 aliphatic rings. The highest BCUT2D eigenvalue weighted by Gasteiger charge is 2.31. The molecule has 1 saturated heterocycles. The highest BCUT2D eigenvalue weighted by molar-refractivity contribution is 14.1. The minimum Gasteiger partial charge on any atom is -0.309 e. The summed E-state index contributed by atoms with van der Waals surface area (Å²) in [6.45, 7) is 4.38. The van der Waals surface area contributed by atoms with Crippen LogP contribution in [0, 0.1) is 9.49 Å². The van der Waals surface area contributed by atoms with E-state index in [4.69, 9.17) is 11.6 Å². The van der Waals surface area contributed by atoms with Crippen molar-refractivity contribution in [1.29, 1.82) is 0 Å². The van der Waals surface area contributed by atoms with Crippen LogP contribution in [0.25, 0.3) is 0 Å². The standard InChI is InChI=1S/C11H10ClIN2O/c1-2-7-3-10(16)15(6-7)11-8(12)4-14-5-9(11)13/h2,4-5,7H,1,3,6H2. The van der Waals surface area contributed by atoms with Crippen molar-refractivity contribution in [3.05, 3.63) is 33.6 Å². The average Bonchev–Trinajstić information content (AvgIpc) is 2.60. The van der Waals surface area contributed by atoms with Crippen LogP contribution in [-0.4, -0.2) is 17.4 Å². The summed E-state index contributed by atoms with van der Waals surface area (Å²) in [5.74, 6) is 0.309. The predicted octanol–water partition coefficient (Wildman–Crippen LogP) is 2.88. The molecule has 0 saturated carbocycles. The highest BCUT2D eigenvalue weighted by Crippen LogP contribution is 2.34. The number of hydrogen-bond acceptors (Lipinski definition) is 2. The number of aromatic nitrogens is 1. The molecular formula is C11H10ClIN2O. The zero-order valence-corrected chi connectivity index (χ0v) is 11.4. The number of pyridine rings is 1. The van der Waals surface area contributed by atoms with Gasteiger partial charge in [0.05, 0.1) is 14.3 Å². The van der Waals surface area contributed by atoms with Gasteiger partial charge in [-0.15, -0.1) is 6.58 Å². The van der Waals surface area contributed by atoms with Gasteiger partial charge >= 0.3 is 0 Å². The summed E-state index contributed by atoms with van der Waals surface area (Å²) < 4.78 is 0.892. The van der Waals surface area contributed by atoms with E-state index in [0.717, 1.165) is 9.26 Å². The van der Waals surface area contributed by atoms with Gasteiger partial charge in [0.25, 0.3) is 0 Å². The molecule has 2 heterocycles. The van der Waals surface area contributed by atoms with Gasteiger partial charge in [-0.25, -0.2) is 0 Å². The van der Waals surface area contributed by atoms with E-state index in [2.05, 4.69) is 34.2 Å². The molecule has 1 aliphatic heterocycles. The summed E-state index contributed by atoms with van der Waals surface area (Å²) in [5.41, 5.74) is 0.770. The zero-order chi connectivity index (χ0) is 11.7. The smallest absolute Gasteiger partial charge is 0.227 e. The van der Waals surface area contributed by atoms with Crippen LogP contribution in [0.4, 0.5) is 5.69 Å². The molecule has 1 aromatic rings. The van der Waals surface area contributed by atoms with Crippen LogP contribution in [0.5, 0.6) is 0 Å². The monoisotopic (exact) mass is 348 g/mol. The van der Waals surface area contributed by atoms with Crippen LogP contribution in [0.15, 0.2) is 25.0 Å². The zero-order valence-electron chi connectivity index (χ0n) is 8.49. The van der Waals surface area contributed by atoms with Gasteiger partial charge in [0.2, 0.25) is 5.91 Å². The van der Waals surface area contributed by atoms with Crippen molar-refractivity contribution in [2.75, 3.05) is 11.4 Å². The molecule has 0 N–H and O–H groups in total. The van der Waals surface area contributed by atoms with Gasteiger partial charge in [-0.2, -0.15) is 0 Å². The quantitative estimate of drug-likeness (QED) is 0.608. The lowest BCUT2D eigenvalue weighted by molar-refractivity contribution is -0.117. The maximum atomic E-state index is 11.8. The third-order valence-electron chi connectivity index (χ3n) is 2.59. The topological polar surface area (TPSA) is 33.2 Å². The number of amides is 1. The van der Waals surface area contributed by atoms with Crippen LogP contribution < -0.4 is 4.90 Å². The number of rotatable bonds is 2. The normalized spacial score (nSPS) is 20.2. The molecule has 16 heavy (non-hydrogen) atoms. The molecule has 0 bridgehead atoms. The molecule has 0 radical (unpaired) electrons. The second-order valence-electron chi connectivity index (χ2n) is 3.66. The lowest BCUT2D eigenvalue weighted by Gasteiger charge is -2.18. The van der Waals surface area contributed by atoms with Gasteiger partial charge in [-0.1, -0.05) is 17.7 Å². The summed E-state index contributed by atoms with van der Waals surface area (Å²) >= 11 is 8.22. The van der Waals surface area contributed by atoms with Crippen molar-refractivity contribution in [2.24, 2.45) is 5.92 Å². The summed E-state index contributed by atoms with van der Waals surface area (Å²) in [4.78, 5) is 17.5. The molecule has 0 aliphatic carbocycles. The maximum absolute atomic E-state index is 11.8. The molecule has 5 heteroatoms. The van der Waals surface area contributed by atoms with Crippen LogP contribution in [0.1, 0.15) is 6.42 Å². The van der Waals surface area contributed by atoms with Crippen LogP contribution in [-0.2, 0) is 4.79 Å². The number of carbonyl (C=O) groups excluding carboxylic acids is 1. The van der Waals surface area contributed by atoms with Gasteiger partial charge in [0.15, 0.2) is 0 Å².